The second-order valence-corrected chi connectivity index (χ2v) is 10.2. The first-order chi connectivity index (χ1) is 17.3. The van der Waals surface area contributed by atoms with E-state index in [2.05, 4.69) is 21.2 Å². The summed E-state index contributed by atoms with van der Waals surface area (Å²) in [5.74, 6) is -0.0719. The van der Waals surface area contributed by atoms with Crippen LogP contribution in [0.2, 0.25) is 5.02 Å². The van der Waals surface area contributed by atoms with E-state index in [0.717, 1.165) is 27.6 Å². The molecule has 190 valence electrons. The Balaban J connectivity index is 1.91. The van der Waals surface area contributed by atoms with E-state index in [1.54, 1.807) is 23.1 Å². The van der Waals surface area contributed by atoms with Crippen molar-refractivity contribution in [2.24, 2.45) is 0 Å². The van der Waals surface area contributed by atoms with Crippen molar-refractivity contribution in [3.05, 3.63) is 99.0 Å². The summed E-state index contributed by atoms with van der Waals surface area (Å²) < 4.78 is 6.61. The summed E-state index contributed by atoms with van der Waals surface area (Å²) in [6.45, 7) is 6.03. The van der Waals surface area contributed by atoms with Gasteiger partial charge in [0.15, 0.2) is 6.61 Å². The summed E-state index contributed by atoms with van der Waals surface area (Å²) >= 11 is 9.66. The average molecular weight is 572 g/mol. The maximum absolute atomic E-state index is 13.6. The quantitative estimate of drug-likeness (QED) is 0.292. The largest absolute Gasteiger partial charge is 0.482 e. The monoisotopic (exact) mass is 570 g/mol. The van der Waals surface area contributed by atoms with Crippen LogP contribution in [0.3, 0.4) is 0 Å². The molecule has 0 saturated heterocycles. The van der Waals surface area contributed by atoms with Crippen LogP contribution in [0.5, 0.6) is 5.75 Å². The van der Waals surface area contributed by atoms with Crippen LogP contribution in [0, 0.1) is 6.92 Å². The van der Waals surface area contributed by atoms with E-state index in [1.165, 1.54) is 0 Å². The molecule has 0 heterocycles. The molecule has 3 aromatic carbocycles. The Morgan fingerprint density at radius 3 is 2.36 bits per heavy atom. The molecule has 0 aliphatic carbocycles. The molecule has 5 nitrogen and oxygen atoms in total. The van der Waals surface area contributed by atoms with Gasteiger partial charge in [0, 0.05) is 23.5 Å². The van der Waals surface area contributed by atoms with Crippen molar-refractivity contribution in [1.82, 2.24) is 10.2 Å². The highest BCUT2D eigenvalue weighted by Gasteiger charge is 2.31. The van der Waals surface area contributed by atoms with Crippen molar-refractivity contribution >= 4 is 39.3 Å². The standard InChI is InChI=1S/C29H32BrClN2O3/c1-4-21(3)32-29(35)26(16-22-8-6-5-7-9-22)33(18-23-12-10-20(2)11-13-23)28(34)19-36-27-15-14-24(30)17-25(27)31/h5-15,17,21,26H,4,16,18-19H2,1-3H3,(H,32,35)/t21-,26-/m0/s1. The number of nitrogens with one attached hydrogen (secondary N) is 1. The third kappa shape index (κ3) is 8.10. The van der Waals surface area contributed by atoms with Gasteiger partial charge in [-0.15, -0.1) is 0 Å². The minimum absolute atomic E-state index is 0.00933. The fraction of sp³-hybridized carbons (Fsp3) is 0.310. The Hall–Kier alpha value is -2.83. The van der Waals surface area contributed by atoms with Gasteiger partial charge in [0.2, 0.25) is 5.91 Å². The van der Waals surface area contributed by atoms with Gasteiger partial charge in [-0.2, -0.15) is 0 Å². The molecular weight excluding hydrogens is 540 g/mol. The van der Waals surface area contributed by atoms with E-state index in [0.29, 0.717) is 17.2 Å². The first kappa shape index (κ1) is 27.8. The van der Waals surface area contributed by atoms with E-state index in [9.17, 15) is 9.59 Å². The summed E-state index contributed by atoms with van der Waals surface area (Å²) in [7, 11) is 0. The lowest BCUT2D eigenvalue weighted by molar-refractivity contribution is -0.143. The molecule has 0 fully saturated rings. The average Bonchev–Trinajstić information content (AvgIpc) is 2.87. The predicted octanol–water partition coefficient (Wildman–Crippen LogP) is 6.34. The Morgan fingerprint density at radius 2 is 1.72 bits per heavy atom. The Morgan fingerprint density at radius 1 is 1.03 bits per heavy atom. The van der Waals surface area contributed by atoms with Crippen molar-refractivity contribution in [2.45, 2.75) is 52.2 Å². The van der Waals surface area contributed by atoms with Gasteiger partial charge in [0.05, 0.1) is 5.02 Å². The molecule has 3 aromatic rings. The molecule has 0 bridgehead atoms. The van der Waals surface area contributed by atoms with Crippen LogP contribution in [0.4, 0.5) is 0 Å². The second kappa shape index (κ2) is 13.5. The van der Waals surface area contributed by atoms with Gasteiger partial charge in [-0.3, -0.25) is 9.59 Å². The molecule has 0 saturated carbocycles. The number of aryl methyl sites for hydroxylation is 1. The van der Waals surface area contributed by atoms with Crippen molar-refractivity contribution in [2.75, 3.05) is 6.61 Å². The normalized spacial score (nSPS) is 12.5. The third-order valence-electron chi connectivity index (χ3n) is 5.99. The topological polar surface area (TPSA) is 58.6 Å². The second-order valence-electron chi connectivity index (χ2n) is 8.89. The number of amides is 2. The van der Waals surface area contributed by atoms with Gasteiger partial charge in [0.1, 0.15) is 11.8 Å². The minimum Gasteiger partial charge on any atom is -0.482 e. The lowest BCUT2D eigenvalue weighted by atomic mass is 10.0. The van der Waals surface area contributed by atoms with Crippen LogP contribution in [-0.4, -0.2) is 35.4 Å². The lowest BCUT2D eigenvalue weighted by Crippen LogP contribution is -2.53. The highest BCUT2D eigenvalue weighted by atomic mass is 79.9. The van der Waals surface area contributed by atoms with E-state index >= 15 is 0 Å². The molecule has 0 spiro atoms. The van der Waals surface area contributed by atoms with Gasteiger partial charge in [0.25, 0.3) is 5.91 Å². The van der Waals surface area contributed by atoms with Crippen molar-refractivity contribution in [1.29, 1.82) is 0 Å². The molecule has 7 heteroatoms. The van der Waals surface area contributed by atoms with E-state index in [-0.39, 0.29) is 31.0 Å². The Kier molecular flexibility index (Phi) is 10.4. The molecule has 1 N–H and O–H groups in total. The summed E-state index contributed by atoms with van der Waals surface area (Å²) in [5, 5.41) is 3.47. The molecule has 0 aliphatic rings. The number of ether oxygens (including phenoxy) is 1. The SMILES string of the molecule is CC[C@H](C)NC(=O)[C@H](Cc1ccccc1)N(Cc1ccc(C)cc1)C(=O)COc1ccc(Br)cc1Cl. The number of benzene rings is 3. The molecule has 0 aromatic heterocycles. The number of rotatable bonds is 11. The summed E-state index contributed by atoms with van der Waals surface area (Å²) in [5.41, 5.74) is 3.03. The van der Waals surface area contributed by atoms with Crippen molar-refractivity contribution < 1.29 is 14.3 Å². The fourth-order valence-corrected chi connectivity index (χ4v) is 4.43. The van der Waals surface area contributed by atoms with Gasteiger partial charge >= 0.3 is 0 Å². The minimum atomic E-state index is -0.709. The van der Waals surface area contributed by atoms with Gasteiger partial charge in [-0.1, -0.05) is 94.6 Å². The smallest absolute Gasteiger partial charge is 0.261 e. The molecular formula is C29H32BrClN2O3. The highest BCUT2D eigenvalue weighted by Crippen LogP contribution is 2.28. The molecule has 36 heavy (non-hydrogen) atoms. The van der Waals surface area contributed by atoms with E-state index in [1.807, 2.05) is 75.4 Å². The van der Waals surface area contributed by atoms with E-state index in [4.69, 9.17) is 16.3 Å². The number of halogens is 2. The summed E-state index contributed by atoms with van der Waals surface area (Å²) in [4.78, 5) is 28.7. The van der Waals surface area contributed by atoms with Crippen molar-refractivity contribution in [3.8, 4) is 5.75 Å². The molecule has 2 amide bonds. The zero-order valence-corrected chi connectivity index (χ0v) is 23.2. The molecule has 0 aliphatic heterocycles. The first-order valence-electron chi connectivity index (χ1n) is 12.0. The maximum atomic E-state index is 13.6. The summed E-state index contributed by atoms with van der Waals surface area (Å²) in [6, 6.07) is 22.2. The highest BCUT2D eigenvalue weighted by molar-refractivity contribution is 9.10. The number of carbonyl (C=O) groups is 2. The molecule has 0 unspecified atom stereocenters. The van der Waals surface area contributed by atoms with Gasteiger partial charge in [-0.25, -0.2) is 0 Å². The third-order valence-corrected chi connectivity index (χ3v) is 6.78. The zero-order chi connectivity index (χ0) is 26.1. The van der Waals surface area contributed by atoms with Gasteiger partial charge < -0.3 is 15.0 Å². The zero-order valence-electron chi connectivity index (χ0n) is 20.8. The van der Waals surface area contributed by atoms with Crippen LogP contribution in [-0.2, 0) is 22.6 Å². The van der Waals surface area contributed by atoms with Gasteiger partial charge in [-0.05, 0) is 49.6 Å². The van der Waals surface area contributed by atoms with Crippen LogP contribution < -0.4 is 10.1 Å². The number of hydrogen-bond donors (Lipinski definition) is 1. The van der Waals surface area contributed by atoms with Crippen LogP contribution in [0.15, 0.2) is 77.3 Å². The van der Waals surface area contributed by atoms with E-state index < -0.39 is 6.04 Å². The van der Waals surface area contributed by atoms with Crippen LogP contribution in [0.25, 0.3) is 0 Å². The first-order valence-corrected chi connectivity index (χ1v) is 13.2. The number of carbonyl (C=O) groups excluding carboxylic acids is 2. The molecule has 0 radical (unpaired) electrons. The van der Waals surface area contributed by atoms with Crippen LogP contribution >= 0.6 is 27.5 Å². The lowest BCUT2D eigenvalue weighted by Gasteiger charge is -2.32. The predicted molar refractivity (Wildman–Crippen MR) is 148 cm³/mol. The number of hydrogen-bond acceptors (Lipinski definition) is 3. The maximum Gasteiger partial charge on any atom is 0.261 e. The molecule has 3 rings (SSSR count). The summed E-state index contributed by atoms with van der Waals surface area (Å²) in [6.07, 6.45) is 1.18. The number of nitrogens with zero attached hydrogens (tertiary/aromatic N) is 1. The van der Waals surface area contributed by atoms with Crippen molar-refractivity contribution in [3.63, 3.8) is 0 Å². The Bertz CT molecular complexity index is 1150. The Labute approximate surface area is 226 Å². The van der Waals surface area contributed by atoms with Crippen LogP contribution in [0.1, 0.15) is 37.0 Å². The molecule has 2 atom stereocenters. The fourth-order valence-electron chi connectivity index (χ4n) is 3.70.